The van der Waals surface area contributed by atoms with Crippen molar-refractivity contribution >= 4 is 11.8 Å². The molecule has 6 heteroatoms. The highest BCUT2D eigenvalue weighted by atomic mass is 16.2. The number of carbonyl (C=O) groups excluding carboxylic acids is 2. The van der Waals surface area contributed by atoms with Crippen LogP contribution < -0.4 is 10.6 Å². The van der Waals surface area contributed by atoms with Crippen LogP contribution in [0.4, 0.5) is 0 Å². The van der Waals surface area contributed by atoms with Gasteiger partial charge in [0.2, 0.25) is 11.8 Å². The molecule has 0 fully saturated rings. The molecule has 0 unspecified atom stereocenters. The van der Waals surface area contributed by atoms with Gasteiger partial charge in [-0.25, -0.2) is 0 Å². The summed E-state index contributed by atoms with van der Waals surface area (Å²) in [5, 5.41) is 5.61. The largest absolute Gasteiger partial charge is 0.351 e. The van der Waals surface area contributed by atoms with Crippen molar-refractivity contribution in [3.8, 4) is 0 Å². The van der Waals surface area contributed by atoms with E-state index in [-0.39, 0.29) is 23.9 Å². The van der Waals surface area contributed by atoms with Gasteiger partial charge in [0.15, 0.2) is 0 Å². The molecule has 0 aliphatic carbocycles. The van der Waals surface area contributed by atoms with Gasteiger partial charge >= 0.3 is 0 Å². The van der Waals surface area contributed by atoms with E-state index in [1.54, 1.807) is 12.2 Å². The van der Waals surface area contributed by atoms with Crippen LogP contribution in [0.3, 0.4) is 0 Å². The zero-order chi connectivity index (χ0) is 18.5. The number of nitrogens with zero attached hydrogens (tertiary/aromatic N) is 2. The molecular weight excluding hydrogens is 304 g/mol. The Kier molecular flexibility index (Phi) is 11.8. The lowest BCUT2D eigenvalue weighted by molar-refractivity contribution is -0.126. The highest BCUT2D eigenvalue weighted by Crippen LogP contribution is 2.03. The quantitative estimate of drug-likeness (QED) is 0.389. The smallest absolute Gasteiger partial charge is 0.237 e. The molecular formula is C18H34N4O2. The summed E-state index contributed by atoms with van der Waals surface area (Å²) in [5.41, 5.74) is 0. The van der Waals surface area contributed by atoms with Gasteiger partial charge in [0.05, 0.1) is 12.1 Å². The fourth-order valence-corrected chi connectivity index (χ4v) is 2.15. The van der Waals surface area contributed by atoms with E-state index in [4.69, 9.17) is 0 Å². The van der Waals surface area contributed by atoms with E-state index in [9.17, 15) is 9.59 Å². The van der Waals surface area contributed by atoms with E-state index >= 15 is 0 Å². The SMILES string of the molecule is C=CCNC(=O)[C@@H](C)N(C)CCCCN(C)[C@H](C)C(=O)NCC=C. The van der Waals surface area contributed by atoms with Crippen molar-refractivity contribution in [2.24, 2.45) is 0 Å². The van der Waals surface area contributed by atoms with E-state index in [1.165, 1.54) is 0 Å². The summed E-state index contributed by atoms with van der Waals surface area (Å²) in [6.45, 7) is 13.6. The summed E-state index contributed by atoms with van der Waals surface area (Å²) in [6.07, 6.45) is 5.29. The minimum absolute atomic E-state index is 0.0158. The number of carbonyl (C=O) groups is 2. The Balaban J connectivity index is 4.01. The molecule has 2 N–H and O–H groups in total. The molecule has 24 heavy (non-hydrogen) atoms. The van der Waals surface area contributed by atoms with Crippen molar-refractivity contribution in [1.82, 2.24) is 20.4 Å². The number of likely N-dealkylation sites (N-methyl/N-ethyl adjacent to an activating group) is 2. The molecule has 0 saturated heterocycles. The topological polar surface area (TPSA) is 64.7 Å². The molecule has 0 bridgehead atoms. The van der Waals surface area contributed by atoms with Crippen LogP contribution in [0.5, 0.6) is 0 Å². The van der Waals surface area contributed by atoms with Gasteiger partial charge in [0.1, 0.15) is 0 Å². The Morgan fingerprint density at radius 2 is 1.21 bits per heavy atom. The van der Waals surface area contributed by atoms with Crippen LogP contribution in [0.2, 0.25) is 0 Å². The Morgan fingerprint density at radius 3 is 1.50 bits per heavy atom. The van der Waals surface area contributed by atoms with Crippen LogP contribution in [0.1, 0.15) is 26.7 Å². The molecule has 6 nitrogen and oxygen atoms in total. The zero-order valence-electron chi connectivity index (χ0n) is 15.7. The van der Waals surface area contributed by atoms with E-state index in [1.807, 2.05) is 37.7 Å². The lowest BCUT2D eigenvalue weighted by Crippen LogP contribution is -2.44. The van der Waals surface area contributed by atoms with Crippen LogP contribution in [0.25, 0.3) is 0 Å². The first-order valence-corrected chi connectivity index (χ1v) is 8.52. The summed E-state index contributed by atoms with van der Waals surface area (Å²) in [5.74, 6) is 0.0315. The van der Waals surface area contributed by atoms with Gasteiger partial charge in [0.25, 0.3) is 0 Å². The molecule has 0 aromatic rings. The van der Waals surface area contributed by atoms with E-state index in [2.05, 4.69) is 23.8 Å². The molecule has 2 amide bonds. The second kappa shape index (κ2) is 12.7. The molecule has 0 aliphatic rings. The number of hydrogen-bond donors (Lipinski definition) is 2. The van der Waals surface area contributed by atoms with Crippen molar-refractivity contribution in [2.75, 3.05) is 40.3 Å². The van der Waals surface area contributed by atoms with Crippen LogP contribution in [0, 0.1) is 0 Å². The molecule has 0 radical (unpaired) electrons. The van der Waals surface area contributed by atoms with Crippen LogP contribution in [-0.4, -0.2) is 74.0 Å². The van der Waals surface area contributed by atoms with Gasteiger partial charge in [-0.15, -0.1) is 13.2 Å². The van der Waals surface area contributed by atoms with Gasteiger partial charge in [0, 0.05) is 13.1 Å². The minimum Gasteiger partial charge on any atom is -0.351 e. The fraction of sp³-hybridized carbons (Fsp3) is 0.667. The molecule has 0 saturated carbocycles. The third kappa shape index (κ3) is 8.84. The molecule has 138 valence electrons. The van der Waals surface area contributed by atoms with Gasteiger partial charge in [-0.1, -0.05) is 12.2 Å². The van der Waals surface area contributed by atoms with Gasteiger partial charge in [-0.05, 0) is 53.9 Å². The van der Waals surface area contributed by atoms with E-state index < -0.39 is 0 Å². The van der Waals surface area contributed by atoms with Crippen molar-refractivity contribution in [3.05, 3.63) is 25.3 Å². The third-order valence-electron chi connectivity index (χ3n) is 4.19. The molecule has 0 rings (SSSR count). The number of nitrogens with one attached hydrogen (secondary N) is 2. The first-order chi connectivity index (χ1) is 11.3. The number of hydrogen-bond acceptors (Lipinski definition) is 4. The van der Waals surface area contributed by atoms with Crippen molar-refractivity contribution in [1.29, 1.82) is 0 Å². The van der Waals surface area contributed by atoms with Crippen molar-refractivity contribution in [3.63, 3.8) is 0 Å². The summed E-state index contributed by atoms with van der Waals surface area (Å²) < 4.78 is 0. The van der Waals surface area contributed by atoms with Gasteiger partial charge < -0.3 is 10.6 Å². The average molecular weight is 338 g/mol. The maximum Gasteiger partial charge on any atom is 0.237 e. The summed E-state index contributed by atoms with van der Waals surface area (Å²) in [4.78, 5) is 27.8. The average Bonchev–Trinajstić information content (AvgIpc) is 2.59. The predicted molar refractivity (Wildman–Crippen MR) is 99.8 cm³/mol. The first-order valence-electron chi connectivity index (χ1n) is 8.52. The van der Waals surface area contributed by atoms with Crippen LogP contribution >= 0.6 is 0 Å². The van der Waals surface area contributed by atoms with E-state index in [0.717, 1.165) is 25.9 Å². The fourth-order valence-electron chi connectivity index (χ4n) is 2.15. The first kappa shape index (κ1) is 22.3. The lowest BCUT2D eigenvalue weighted by Gasteiger charge is -2.26. The second-order valence-corrected chi connectivity index (χ2v) is 6.09. The van der Waals surface area contributed by atoms with Gasteiger partial charge in [-0.2, -0.15) is 0 Å². The minimum atomic E-state index is -0.161. The standard InChI is InChI=1S/C18H34N4O2/c1-7-11-19-17(23)15(3)21(5)13-9-10-14-22(6)16(4)18(24)20-12-8-2/h7-8,15-16H,1-2,9-14H2,3-6H3,(H,19,23)(H,20,24)/t15-,16-/m1/s1. The van der Waals surface area contributed by atoms with E-state index in [0.29, 0.717) is 13.1 Å². The normalized spacial score (nSPS) is 13.4. The maximum atomic E-state index is 11.9. The Labute approximate surface area is 147 Å². The molecule has 0 aromatic carbocycles. The zero-order valence-corrected chi connectivity index (χ0v) is 15.7. The van der Waals surface area contributed by atoms with Crippen molar-refractivity contribution < 1.29 is 9.59 Å². The monoisotopic (exact) mass is 338 g/mol. The van der Waals surface area contributed by atoms with Crippen LogP contribution in [0.15, 0.2) is 25.3 Å². The second-order valence-electron chi connectivity index (χ2n) is 6.09. The van der Waals surface area contributed by atoms with Crippen LogP contribution in [-0.2, 0) is 9.59 Å². The Bertz CT molecular complexity index is 374. The molecule has 0 spiro atoms. The Hall–Kier alpha value is -1.66. The predicted octanol–water partition coefficient (Wildman–Crippen LogP) is 1.01. The number of unbranched alkanes of at least 4 members (excludes halogenated alkanes) is 1. The number of amides is 2. The molecule has 2 atom stereocenters. The molecule has 0 aromatic heterocycles. The third-order valence-corrected chi connectivity index (χ3v) is 4.19. The Morgan fingerprint density at radius 1 is 0.875 bits per heavy atom. The highest BCUT2D eigenvalue weighted by Gasteiger charge is 2.18. The van der Waals surface area contributed by atoms with Crippen molar-refractivity contribution in [2.45, 2.75) is 38.8 Å². The molecule has 0 heterocycles. The highest BCUT2D eigenvalue weighted by molar-refractivity contribution is 5.81. The number of rotatable bonds is 13. The lowest BCUT2D eigenvalue weighted by atomic mass is 10.2. The maximum absolute atomic E-state index is 11.9. The van der Waals surface area contributed by atoms with Gasteiger partial charge in [-0.3, -0.25) is 19.4 Å². The summed E-state index contributed by atoms with van der Waals surface area (Å²) in [7, 11) is 3.90. The summed E-state index contributed by atoms with van der Waals surface area (Å²) in [6, 6.07) is -0.322. The summed E-state index contributed by atoms with van der Waals surface area (Å²) >= 11 is 0. The molecule has 0 aliphatic heterocycles.